The number of aryl methyl sites for hydroxylation is 1. The highest BCUT2D eigenvalue weighted by Crippen LogP contribution is 2.26. The SMILES string of the molecule is [CH2]CCC(CCc1ccccc1)c1ccccc1. The first kappa shape index (κ1) is 12.9. The van der Waals surface area contributed by atoms with E-state index in [0.717, 1.165) is 12.8 Å². The molecule has 0 aliphatic rings. The monoisotopic (exact) mass is 237 g/mol. The summed E-state index contributed by atoms with van der Waals surface area (Å²) in [5.74, 6) is 0.643. The minimum absolute atomic E-state index is 0.643. The molecule has 93 valence electrons. The Balaban J connectivity index is 1.99. The van der Waals surface area contributed by atoms with Crippen LogP contribution < -0.4 is 0 Å². The van der Waals surface area contributed by atoms with Crippen LogP contribution in [0.15, 0.2) is 60.7 Å². The lowest BCUT2D eigenvalue weighted by atomic mass is 9.89. The maximum atomic E-state index is 4.01. The molecule has 0 fully saturated rings. The van der Waals surface area contributed by atoms with E-state index >= 15 is 0 Å². The van der Waals surface area contributed by atoms with Crippen molar-refractivity contribution in [3.8, 4) is 0 Å². The molecule has 2 aromatic carbocycles. The zero-order valence-electron chi connectivity index (χ0n) is 10.9. The summed E-state index contributed by atoms with van der Waals surface area (Å²) in [6, 6.07) is 21.6. The van der Waals surface area contributed by atoms with Crippen LogP contribution in [0.5, 0.6) is 0 Å². The van der Waals surface area contributed by atoms with E-state index in [2.05, 4.69) is 67.6 Å². The van der Waals surface area contributed by atoms with Crippen LogP contribution in [0.2, 0.25) is 0 Å². The fourth-order valence-electron chi connectivity index (χ4n) is 2.43. The summed E-state index contributed by atoms with van der Waals surface area (Å²) in [5.41, 5.74) is 2.89. The van der Waals surface area contributed by atoms with E-state index in [-0.39, 0.29) is 0 Å². The van der Waals surface area contributed by atoms with Crippen molar-refractivity contribution >= 4 is 0 Å². The number of hydrogen-bond donors (Lipinski definition) is 0. The lowest BCUT2D eigenvalue weighted by molar-refractivity contribution is 0.582. The molecule has 0 saturated carbocycles. The molecule has 0 amide bonds. The van der Waals surface area contributed by atoms with Crippen LogP contribution in [-0.2, 0) is 6.42 Å². The minimum atomic E-state index is 0.643. The van der Waals surface area contributed by atoms with Crippen molar-refractivity contribution in [2.45, 2.75) is 31.6 Å². The highest BCUT2D eigenvalue weighted by atomic mass is 14.1. The molecule has 18 heavy (non-hydrogen) atoms. The normalized spacial score (nSPS) is 12.3. The van der Waals surface area contributed by atoms with Gasteiger partial charge in [-0.2, -0.15) is 0 Å². The Morgan fingerprint density at radius 1 is 0.778 bits per heavy atom. The van der Waals surface area contributed by atoms with Gasteiger partial charge in [0.2, 0.25) is 0 Å². The second-order valence-electron chi connectivity index (χ2n) is 4.77. The average Bonchev–Trinajstić information content (AvgIpc) is 2.45. The number of hydrogen-bond acceptors (Lipinski definition) is 0. The molecule has 1 atom stereocenters. The highest BCUT2D eigenvalue weighted by molar-refractivity contribution is 5.21. The molecule has 0 heteroatoms. The molecule has 0 spiro atoms. The van der Waals surface area contributed by atoms with Gasteiger partial charge in [0.25, 0.3) is 0 Å². The van der Waals surface area contributed by atoms with Gasteiger partial charge in [0.15, 0.2) is 0 Å². The third kappa shape index (κ3) is 3.73. The number of rotatable bonds is 6. The lowest BCUT2D eigenvalue weighted by Crippen LogP contribution is -2.00. The molecule has 0 heterocycles. The summed E-state index contributed by atoms with van der Waals surface area (Å²) >= 11 is 0. The van der Waals surface area contributed by atoms with Gasteiger partial charge in [-0.05, 0) is 36.3 Å². The predicted molar refractivity (Wildman–Crippen MR) is 78.5 cm³/mol. The summed E-state index contributed by atoms with van der Waals surface area (Å²) in [5, 5.41) is 0. The molecule has 0 aromatic heterocycles. The fourth-order valence-corrected chi connectivity index (χ4v) is 2.43. The molecule has 0 aliphatic heterocycles. The largest absolute Gasteiger partial charge is 0.0622 e. The van der Waals surface area contributed by atoms with Crippen molar-refractivity contribution < 1.29 is 0 Å². The zero-order chi connectivity index (χ0) is 12.6. The van der Waals surface area contributed by atoms with Crippen LogP contribution in [0.3, 0.4) is 0 Å². The number of benzene rings is 2. The lowest BCUT2D eigenvalue weighted by Gasteiger charge is -2.16. The predicted octanol–water partition coefficient (Wildman–Crippen LogP) is 5.02. The van der Waals surface area contributed by atoms with Crippen LogP contribution in [0, 0.1) is 6.92 Å². The maximum absolute atomic E-state index is 4.01. The van der Waals surface area contributed by atoms with Crippen molar-refractivity contribution in [3.05, 3.63) is 78.7 Å². The molecule has 0 saturated heterocycles. The third-order valence-corrected chi connectivity index (χ3v) is 3.45. The van der Waals surface area contributed by atoms with E-state index < -0.39 is 0 Å². The highest BCUT2D eigenvalue weighted by Gasteiger charge is 2.10. The van der Waals surface area contributed by atoms with Gasteiger partial charge in [-0.25, -0.2) is 0 Å². The van der Waals surface area contributed by atoms with Crippen LogP contribution >= 0.6 is 0 Å². The van der Waals surface area contributed by atoms with Gasteiger partial charge in [-0.15, -0.1) is 0 Å². The Labute approximate surface area is 111 Å². The Bertz CT molecular complexity index is 430. The molecule has 0 N–H and O–H groups in total. The van der Waals surface area contributed by atoms with Crippen LogP contribution in [0.25, 0.3) is 0 Å². The molecule has 0 nitrogen and oxygen atoms in total. The standard InChI is InChI=1S/C18H21/c1-2-9-17(18-12-7-4-8-13-18)15-14-16-10-5-3-6-11-16/h3-8,10-13,17H,1-2,9,14-15H2. The van der Waals surface area contributed by atoms with Crippen LogP contribution in [0.4, 0.5) is 0 Å². The van der Waals surface area contributed by atoms with Gasteiger partial charge >= 0.3 is 0 Å². The smallest absolute Gasteiger partial charge is 0.0159 e. The Morgan fingerprint density at radius 2 is 1.39 bits per heavy atom. The molecule has 1 unspecified atom stereocenters. The molecule has 2 aromatic rings. The van der Waals surface area contributed by atoms with Crippen LogP contribution in [-0.4, -0.2) is 0 Å². The second-order valence-corrected chi connectivity index (χ2v) is 4.77. The summed E-state index contributed by atoms with van der Waals surface area (Å²) in [4.78, 5) is 0. The van der Waals surface area contributed by atoms with Crippen molar-refractivity contribution in [3.63, 3.8) is 0 Å². The van der Waals surface area contributed by atoms with Gasteiger partial charge in [-0.1, -0.05) is 74.0 Å². The molecular formula is C18H21. The Kier molecular flexibility index (Phi) is 5.01. The minimum Gasteiger partial charge on any atom is -0.0622 e. The van der Waals surface area contributed by atoms with E-state index in [1.807, 2.05) is 0 Å². The topological polar surface area (TPSA) is 0 Å². The summed E-state index contributed by atoms with van der Waals surface area (Å²) in [6.45, 7) is 4.01. The molecular weight excluding hydrogens is 216 g/mol. The quantitative estimate of drug-likeness (QED) is 0.662. The van der Waals surface area contributed by atoms with Gasteiger partial charge < -0.3 is 0 Å². The van der Waals surface area contributed by atoms with E-state index in [1.54, 1.807) is 0 Å². The Morgan fingerprint density at radius 3 is 2.00 bits per heavy atom. The van der Waals surface area contributed by atoms with E-state index in [9.17, 15) is 0 Å². The first-order valence-corrected chi connectivity index (χ1v) is 6.78. The van der Waals surface area contributed by atoms with Gasteiger partial charge in [0, 0.05) is 0 Å². The first-order chi connectivity index (χ1) is 8.90. The summed E-state index contributed by atoms with van der Waals surface area (Å²) < 4.78 is 0. The summed E-state index contributed by atoms with van der Waals surface area (Å²) in [7, 11) is 0. The Hall–Kier alpha value is -1.56. The third-order valence-electron chi connectivity index (χ3n) is 3.45. The van der Waals surface area contributed by atoms with Gasteiger partial charge in [-0.3, -0.25) is 0 Å². The zero-order valence-corrected chi connectivity index (χ0v) is 10.9. The van der Waals surface area contributed by atoms with Crippen molar-refractivity contribution in [1.82, 2.24) is 0 Å². The fraction of sp³-hybridized carbons (Fsp3) is 0.278. The molecule has 1 radical (unpaired) electrons. The van der Waals surface area contributed by atoms with Gasteiger partial charge in [0.1, 0.15) is 0 Å². The van der Waals surface area contributed by atoms with E-state index in [0.29, 0.717) is 5.92 Å². The van der Waals surface area contributed by atoms with Gasteiger partial charge in [0.05, 0.1) is 0 Å². The molecule has 2 rings (SSSR count). The maximum Gasteiger partial charge on any atom is -0.0159 e. The summed E-state index contributed by atoms with van der Waals surface area (Å²) in [6.07, 6.45) is 4.55. The first-order valence-electron chi connectivity index (χ1n) is 6.78. The van der Waals surface area contributed by atoms with Crippen molar-refractivity contribution in [2.75, 3.05) is 0 Å². The second kappa shape index (κ2) is 7.00. The molecule has 0 bridgehead atoms. The van der Waals surface area contributed by atoms with Crippen molar-refractivity contribution in [2.24, 2.45) is 0 Å². The van der Waals surface area contributed by atoms with E-state index in [4.69, 9.17) is 0 Å². The molecule has 0 aliphatic carbocycles. The average molecular weight is 237 g/mol. The van der Waals surface area contributed by atoms with Crippen molar-refractivity contribution in [1.29, 1.82) is 0 Å². The van der Waals surface area contributed by atoms with E-state index in [1.165, 1.54) is 24.0 Å². The van der Waals surface area contributed by atoms with Crippen LogP contribution in [0.1, 0.15) is 36.3 Å².